The number of halogens is 1. The lowest BCUT2D eigenvalue weighted by Gasteiger charge is -2.27. The van der Waals surface area contributed by atoms with Crippen molar-refractivity contribution in [2.75, 3.05) is 6.54 Å². The van der Waals surface area contributed by atoms with E-state index in [2.05, 4.69) is 19.2 Å². The zero-order valence-corrected chi connectivity index (χ0v) is 13.1. The fraction of sp³-hybridized carbons (Fsp3) is 0.667. The van der Waals surface area contributed by atoms with E-state index in [0.29, 0.717) is 12.0 Å². The predicted octanol–water partition coefficient (Wildman–Crippen LogP) is 5.00. The van der Waals surface area contributed by atoms with Crippen molar-refractivity contribution in [2.45, 2.75) is 58.9 Å². The van der Waals surface area contributed by atoms with E-state index in [0.717, 1.165) is 24.4 Å². The van der Waals surface area contributed by atoms with Gasteiger partial charge in [0.15, 0.2) is 0 Å². The van der Waals surface area contributed by atoms with Crippen LogP contribution in [-0.4, -0.2) is 6.54 Å². The molecule has 0 aliphatic heterocycles. The van der Waals surface area contributed by atoms with Crippen LogP contribution < -0.4 is 5.32 Å². The lowest BCUT2D eigenvalue weighted by atomic mass is 9.88. The molecule has 0 saturated heterocycles. The molecule has 1 aliphatic carbocycles. The van der Waals surface area contributed by atoms with E-state index in [-0.39, 0.29) is 5.82 Å². The Bertz CT molecular complexity index is 429. The predicted molar refractivity (Wildman–Crippen MR) is 83.3 cm³/mol. The fourth-order valence-corrected chi connectivity index (χ4v) is 3.61. The third kappa shape index (κ3) is 3.60. The molecule has 1 N–H and O–H groups in total. The molecule has 0 amide bonds. The topological polar surface area (TPSA) is 12.0 Å². The molecule has 112 valence electrons. The zero-order valence-electron chi connectivity index (χ0n) is 13.1. The molecule has 20 heavy (non-hydrogen) atoms. The van der Waals surface area contributed by atoms with Crippen molar-refractivity contribution in [1.29, 1.82) is 0 Å². The molecular formula is C18H28FN. The van der Waals surface area contributed by atoms with E-state index in [1.54, 1.807) is 12.1 Å². The van der Waals surface area contributed by atoms with Gasteiger partial charge < -0.3 is 5.32 Å². The fourth-order valence-electron chi connectivity index (χ4n) is 3.61. The Hall–Kier alpha value is -0.890. The zero-order chi connectivity index (χ0) is 14.5. The Morgan fingerprint density at radius 3 is 2.70 bits per heavy atom. The number of nitrogens with one attached hydrogen (secondary N) is 1. The van der Waals surface area contributed by atoms with Crippen LogP contribution in [0, 0.1) is 24.6 Å². The van der Waals surface area contributed by atoms with Gasteiger partial charge in [0.2, 0.25) is 0 Å². The smallest absolute Gasteiger partial charge is 0.123 e. The summed E-state index contributed by atoms with van der Waals surface area (Å²) in [7, 11) is 0. The molecule has 0 spiro atoms. The summed E-state index contributed by atoms with van der Waals surface area (Å²) in [6.45, 7) is 7.57. The van der Waals surface area contributed by atoms with Crippen molar-refractivity contribution in [3.63, 3.8) is 0 Å². The molecule has 2 heteroatoms. The van der Waals surface area contributed by atoms with Gasteiger partial charge in [0.05, 0.1) is 0 Å². The highest BCUT2D eigenvalue weighted by Crippen LogP contribution is 2.41. The number of benzene rings is 1. The summed E-state index contributed by atoms with van der Waals surface area (Å²) in [4.78, 5) is 0. The second-order valence-electron chi connectivity index (χ2n) is 6.28. The lowest BCUT2D eigenvalue weighted by molar-refractivity contribution is 0.352. The molecule has 1 fully saturated rings. The average Bonchev–Trinajstić information content (AvgIpc) is 2.90. The van der Waals surface area contributed by atoms with Crippen molar-refractivity contribution in [2.24, 2.45) is 11.8 Å². The highest BCUT2D eigenvalue weighted by atomic mass is 19.1. The molecular weight excluding hydrogens is 249 g/mol. The van der Waals surface area contributed by atoms with Gasteiger partial charge in [0, 0.05) is 6.04 Å². The minimum atomic E-state index is -0.127. The summed E-state index contributed by atoms with van der Waals surface area (Å²) in [6.07, 6.45) is 6.40. The van der Waals surface area contributed by atoms with Crippen molar-refractivity contribution in [3.05, 3.63) is 35.1 Å². The first kappa shape index (κ1) is 15.5. The van der Waals surface area contributed by atoms with Crippen molar-refractivity contribution in [1.82, 2.24) is 5.32 Å². The summed E-state index contributed by atoms with van der Waals surface area (Å²) < 4.78 is 13.3. The van der Waals surface area contributed by atoms with Gasteiger partial charge in [-0.25, -0.2) is 4.39 Å². The van der Waals surface area contributed by atoms with Crippen molar-refractivity contribution in [3.8, 4) is 0 Å². The SMILES string of the molecule is CCCNC(c1ccc(F)cc1C)C1CCC(CC)C1. The average molecular weight is 277 g/mol. The minimum Gasteiger partial charge on any atom is -0.310 e. The molecule has 0 heterocycles. The molecule has 0 bridgehead atoms. The molecule has 3 unspecified atom stereocenters. The molecule has 1 nitrogen and oxygen atoms in total. The first-order valence-electron chi connectivity index (χ1n) is 8.15. The van der Waals surface area contributed by atoms with Gasteiger partial charge in [-0.1, -0.05) is 32.8 Å². The summed E-state index contributed by atoms with van der Waals surface area (Å²) in [5, 5.41) is 3.71. The van der Waals surface area contributed by atoms with Gasteiger partial charge in [0.25, 0.3) is 0 Å². The van der Waals surface area contributed by atoms with Crippen LogP contribution in [0.15, 0.2) is 18.2 Å². The molecule has 1 aliphatic rings. The van der Waals surface area contributed by atoms with Crippen molar-refractivity contribution < 1.29 is 4.39 Å². The Morgan fingerprint density at radius 2 is 2.10 bits per heavy atom. The standard InChI is InChI=1S/C18H28FN/c1-4-10-20-18(15-7-6-14(5-2)12-15)17-9-8-16(19)11-13(17)3/h8-9,11,14-15,18,20H,4-7,10,12H2,1-3H3. The Kier molecular flexibility index (Phi) is 5.59. The van der Waals surface area contributed by atoms with E-state index in [4.69, 9.17) is 0 Å². The Morgan fingerprint density at radius 1 is 1.30 bits per heavy atom. The van der Waals surface area contributed by atoms with Gasteiger partial charge >= 0.3 is 0 Å². The van der Waals surface area contributed by atoms with E-state index in [1.807, 2.05) is 13.0 Å². The maximum atomic E-state index is 13.3. The molecule has 1 aromatic carbocycles. The van der Waals surface area contributed by atoms with Crippen LogP contribution in [0.4, 0.5) is 4.39 Å². The summed E-state index contributed by atoms with van der Waals surface area (Å²) in [5.41, 5.74) is 2.38. The van der Waals surface area contributed by atoms with Crippen LogP contribution in [-0.2, 0) is 0 Å². The second kappa shape index (κ2) is 7.21. The van der Waals surface area contributed by atoms with E-state index in [1.165, 1.54) is 31.2 Å². The molecule has 0 aromatic heterocycles. The van der Waals surface area contributed by atoms with E-state index < -0.39 is 0 Å². The highest BCUT2D eigenvalue weighted by molar-refractivity contribution is 5.30. The number of hydrogen-bond donors (Lipinski definition) is 1. The van der Waals surface area contributed by atoms with Crippen LogP contribution in [0.5, 0.6) is 0 Å². The normalized spacial score (nSPS) is 24.0. The summed E-state index contributed by atoms with van der Waals surface area (Å²) in [6, 6.07) is 5.65. The third-order valence-corrected chi connectivity index (χ3v) is 4.81. The van der Waals surface area contributed by atoms with Gasteiger partial charge in [-0.3, -0.25) is 0 Å². The summed E-state index contributed by atoms with van der Waals surface area (Å²) >= 11 is 0. The van der Waals surface area contributed by atoms with Crippen LogP contribution >= 0.6 is 0 Å². The summed E-state index contributed by atoms with van der Waals surface area (Å²) in [5.74, 6) is 1.46. The quantitative estimate of drug-likeness (QED) is 0.771. The van der Waals surface area contributed by atoms with Gasteiger partial charge in [0.1, 0.15) is 5.82 Å². The maximum absolute atomic E-state index is 13.3. The minimum absolute atomic E-state index is 0.127. The van der Waals surface area contributed by atoms with Gasteiger partial charge in [-0.2, -0.15) is 0 Å². The first-order chi connectivity index (χ1) is 9.65. The van der Waals surface area contributed by atoms with Crippen LogP contribution in [0.25, 0.3) is 0 Å². The molecule has 0 radical (unpaired) electrons. The van der Waals surface area contributed by atoms with Gasteiger partial charge in [-0.15, -0.1) is 0 Å². The largest absolute Gasteiger partial charge is 0.310 e. The maximum Gasteiger partial charge on any atom is 0.123 e. The van der Waals surface area contributed by atoms with Crippen molar-refractivity contribution >= 4 is 0 Å². The van der Waals surface area contributed by atoms with E-state index in [9.17, 15) is 4.39 Å². The second-order valence-corrected chi connectivity index (χ2v) is 6.28. The Balaban J connectivity index is 2.18. The van der Waals surface area contributed by atoms with Gasteiger partial charge in [-0.05, 0) is 67.8 Å². The monoisotopic (exact) mass is 277 g/mol. The highest BCUT2D eigenvalue weighted by Gasteiger charge is 2.31. The number of aryl methyl sites for hydroxylation is 1. The molecule has 1 aromatic rings. The van der Waals surface area contributed by atoms with E-state index >= 15 is 0 Å². The molecule has 1 saturated carbocycles. The van der Waals surface area contributed by atoms with Crippen LogP contribution in [0.2, 0.25) is 0 Å². The third-order valence-electron chi connectivity index (χ3n) is 4.81. The number of rotatable bonds is 6. The molecule has 2 rings (SSSR count). The molecule has 3 atom stereocenters. The first-order valence-corrected chi connectivity index (χ1v) is 8.15. The van der Waals surface area contributed by atoms with Crippen LogP contribution in [0.3, 0.4) is 0 Å². The Labute approximate surface area is 123 Å². The van der Waals surface area contributed by atoms with Crippen LogP contribution in [0.1, 0.15) is 63.1 Å². The number of hydrogen-bond acceptors (Lipinski definition) is 1. The lowest BCUT2D eigenvalue weighted by Crippen LogP contribution is -2.28.